The molecule has 0 saturated heterocycles. The highest BCUT2D eigenvalue weighted by atomic mass is 19.1. The molecule has 0 heterocycles. The van der Waals surface area contributed by atoms with Crippen LogP contribution in [0.4, 0.5) is 13.6 Å². The van der Waals surface area contributed by atoms with E-state index < -0.39 is 30.2 Å². The molecule has 7 nitrogen and oxygen atoms in total. The van der Waals surface area contributed by atoms with Crippen molar-refractivity contribution in [1.82, 2.24) is 4.90 Å². The molecular weight excluding hydrogens is 460 g/mol. The van der Waals surface area contributed by atoms with Crippen LogP contribution in [0.2, 0.25) is 0 Å². The van der Waals surface area contributed by atoms with Crippen LogP contribution in [0.5, 0.6) is 11.5 Å². The fourth-order valence-corrected chi connectivity index (χ4v) is 3.43. The molecule has 35 heavy (non-hydrogen) atoms. The van der Waals surface area contributed by atoms with Crippen molar-refractivity contribution in [3.63, 3.8) is 0 Å². The Hall–Kier alpha value is -4.14. The lowest BCUT2D eigenvalue weighted by Gasteiger charge is -2.20. The highest BCUT2D eigenvalue weighted by molar-refractivity contribution is 5.76. The number of halogens is 2. The van der Waals surface area contributed by atoms with Gasteiger partial charge in [0, 0.05) is 18.2 Å². The van der Waals surface area contributed by atoms with E-state index in [1.54, 1.807) is 31.2 Å². The number of carboxylic acids is 1. The summed E-state index contributed by atoms with van der Waals surface area (Å²) in [5.74, 6) is -1.84. The predicted octanol–water partition coefficient (Wildman–Crippen LogP) is 5.26. The van der Waals surface area contributed by atoms with Gasteiger partial charge in [0.1, 0.15) is 24.7 Å². The molecular formula is C26H25F2NO6. The van der Waals surface area contributed by atoms with Crippen molar-refractivity contribution in [2.45, 2.75) is 20.1 Å². The summed E-state index contributed by atoms with van der Waals surface area (Å²) in [7, 11) is 1.44. The number of hydrogen-bond acceptors (Lipinski definition) is 5. The second-order valence-electron chi connectivity index (χ2n) is 7.55. The molecule has 0 fully saturated rings. The molecule has 0 aliphatic rings. The average Bonchev–Trinajstić information content (AvgIpc) is 2.83. The first-order chi connectivity index (χ1) is 16.8. The first kappa shape index (κ1) is 25.5. The summed E-state index contributed by atoms with van der Waals surface area (Å²) >= 11 is 0. The van der Waals surface area contributed by atoms with Crippen molar-refractivity contribution in [2.24, 2.45) is 0 Å². The van der Waals surface area contributed by atoms with Crippen molar-refractivity contribution in [1.29, 1.82) is 0 Å². The van der Waals surface area contributed by atoms with E-state index in [1.807, 2.05) is 0 Å². The van der Waals surface area contributed by atoms with Gasteiger partial charge in [-0.25, -0.2) is 13.6 Å². The van der Waals surface area contributed by atoms with E-state index in [1.165, 1.54) is 43.5 Å². The summed E-state index contributed by atoms with van der Waals surface area (Å²) < 4.78 is 44.0. The Balaban J connectivity index is 1.75. The van der Waals surface area contributed by atoms with Crippen LogP contribution >= 0.6 is 0 Å². The minimum Gasteiger partial charge on any atom is -0.496 e. The van der Waals surface area contributed by atoms with Crippen LogP contribution in [0.3, 0.4) is 0 Å². The molecule has 1 amide bonds. The second-order valence-corrected chi connectivity index (χ2v) is 7.55. The summed E-state index contributed by atoms with van der Waals surface area (Å²) in [5.41, 5.74) is 2.39. The number of ether oxygens (including phenoxy) is 3. The maximum Gasteiger partial charge on any atom is 0.410 e. The highest BCUT2D eigenvalue weighted by Crippen LogP contribution is 2.35. The molecule has 0 unspecified atom stereocenters. The maximum absolute atomic E-state index is 14.8. The minimum atomic E-state index is -1.16. The molecule has 184 valence electrons. The van der Waals surface area contributed by atoms with E-state index in [2.05, 4.69) is 0 Å². The van der Waals surface area contributed by atoms with Crippen molar-refractivity contribution in [2.75, 3.05) is 20.3 Å². The van der Waals surface area contributed by atoms with Gasteiger partial charge >= 0.3 is 12.1 Å². The van der Waals surface area contributed by atoms with Crippen LogP contribution in [0, 0.1) is 11.6 Å². The Bertz CT molecular complexity index is 1180. The van der Waals surface area contributed by atoms with E-state index in [0.29, 0.717) is 28.0 Å². The first-order valence-electron chi connectivity index (χ1n) is 10.8. The summed E-state index contributed by atoms with van der Waals surface area (Å²) in [6, 6.07) is 15.3. The lowest BCUT2D eigenvalue weighted by atomic mass is 10.0. The number of hydrogen-bond donors (Lipinski definition) is 1. The number of nitrogens with zero attached hydrogens (tertiary/aromatic N) is 1. The van der Waals surface area contributed by atoms with E-state index in [4.69, 9.17) is 19.3 Å². The Morgan fingerprint density at radius 1 is 0.971 bits per heavy atom. The van der Waals surface area contributed by atoms with Crippen LogP contribution in [-0.4, -0.2) is 42.3 Å². The third-order valence-corrected chi connectivity index (χ3v) is 5.02. The van der Waals surface area contributed by atoms with Crippen molar-refractivity contribution < 1.29 is 37.7 Å². The van der Waals surface area contributed by atoms with Gasteiger partial charge < -0.3 is 19.3 Å². The smallest absolute Gasteiger partial charge is 0.410 e. The Kier molecular flexibility index (Phi) is 8.61. The van der Waals surface area contributed by atoms with E-state index in [-0.39, 0.29) is 25.5 Å². The fraction of sp³-hybridized carbons (Fsp3) is 0.231. The Morgan fingerprint density at radius 2 is 1.69 bits per heavy atom. The zero-order valence-electron chi connectivity index (χ0n) is 19.3. The third kappa shape index (κ3) is 6.92. The lowest BCUT2D eigenvalue weighted by Crippen LogP contribution is -2.35. The standard InChI is InChI=1S/C26H25F2NO6/c1-3-34-26(32)29(15-25(30)31)14-17-5-4-6-18(11-17)16-35-24-13-23(33-2)21(12-22(24)28)19-7-9-20(27)10-8-19/h4-13H,3,14-16H2,1-2H3,(H,30,31). The number of amides is 1. The van der Waals surface area contributed by atoms with Crippen LogP contribution in [0.25, 0.3) is 11.1 Å². The molecule has 9 heteroatoms. The summed E-state index contributed by atoms with van der Waals surface area (Å²) in [5, 5.41) is 9.09. The van der Waals surface area contributed by atoms with Gasteiger partial charge in [-0.1, -0.05) is 36.4 Å². The van der Waals surface area contributed by atoms with E-state index >= 15 is 0 Å². The molecule has 0 aliphatic heterocycles. The van der Waals surface area contributed by atoms with E-state index in [0.717, 1.165) is 4.90 Å². The largest absolute Gasteiger partial charge is 0.496 e. The van der Waals surface area contributed by atoms with Crippen LogP contribution in [0.15, 0.2) is 60.7 Å². The molecule has 1 N–H and O–H groups in total. The molecule has 0 spiro atoms. The predicted molar refractivity (Wildman–Crippen MR) is 124 cm³/mol. The minimum absolute atomic E-state index is 0.0160. The van der Waals surface area contributed by atoms with Gasteiger partial charge in [-0.05, 0) is 41.8 Å². The topological polar surface area (TPSA) is 85.3 Å². The molecule has 3 aromatic carbocycles. The number of carbonyl (C=O) groups is 2. The molecule has 3 aromatic rings. The maximum atomic E-state index is 14.8. The monoisotopic (exact) mass is 485 g/mol. The van der Waals surface area contributed by atoms with Gasteiger partial charge in [-0.15, -0.1) is 0 Å². The fourth-order valence-electron chi connectivity index (χ4n) is 3.43. The van der Waals surface area contributed by atoms with Gasteiger partial charge in [0.25, 0.3) is 0 Å². The molecule has 0 saturated carbocycles. The third-order valence-electron chi connectivity index (χ3n) is 5.02. The molecule has 0 radical (unpaired) electrons. The lowest BCUT2D eigenvalue weighted by molar-refractivity contribution is -0.138. The molecule has 0 aromatic heterocycles. The van der Waals surface area contributed by atoms with Crippen LogP contribution < -0.4 is 9.47 Å². The van der Waals surface area contributed by atoms with Gasteiger partial charge in [0.05, 0.1) is 13.7 Å². The van der Waals surface area contributed by atoms with Crippen molar-refractivity contribution in [3.8, 4) is 22.6 Å². The number of aliphatic carboxylic acids is 1. The Morgan fingerprint density at radius 3 is 2.34 bits per heavy atom. The van der Waals surface area contributed by atoms with Gasteiger partial charge in [-0.3, -0.25) is 9.69 Å². The number of rotatable bonds is 10. The van der Waals surface area contributed by atoms with Gasteiger partial charge in [0.2, 0.25) is 0 Å². The molecule has 0 aliphatic carbocycles. The number of methoxy groups -OCH3 is 1. The summed E-state index contributed by atoms with van der Waals surface area (Å²) in [6.07, 6.45) is -0.730. The SMILES string of the molecule is CCOC(=O)N(CC(=O)O)Cc1cccc(COc2cc(OC)c(-c3ccc(F)cc3)cc2F)c1. The molecule has 3 rings (SSSR count). The molecule has 0 bridgehead atoms. The normalized spacial score (nSPS) is 10.5. The van der Waals surface area contributed by atoms with Crippen LogP contribution in [-0.2, 0) is 22.7 Å². The van der Waals surface area contributed by atoms with Crippen LogP contribution in [0.1, 0.15) is 18.1 Å². The first-order valence-corrected chi connectivity index (χ1v) is 10.8. The van der Waals surface area contributed by atoms with Gasteiger partial charge in [0.15, 0.2) is 11.6 Å². The Labute approximate surface area is 201 Å². The van der Waals surface area contributed by atoms with Gasteiger partial charge in [-0.2, -0.15) is 0 Å². The van der Waals surface area contributed by atoms with Crippen molar-refractivity contribution in [3.05, 3.63) is 83.4 Å². The molecule has 0 atom stereocenters. The van der Waals surface area contributed by atoms with Crippen molar-refractivity contribution >= 4 is 12.1 Å². The number of carboxylic acid groups (broad SMARTS) is 1. The zero-order chi connectivity index (χ0) is 25.4. The number of benzene rings is 3. The van der Waals surface area contributed by atoms with E-state index in [9.17, 15) is 18.4 Å². The summed E-state index contributed by atoms with van der Waals surface area (Å²) in [6.45, 7) is 1.29. The highest BCUT2D eigenvalue weighted by Gasteiger charge is 2.19. The second kappa shape index (κ2) is 11.8. The quantitative estimate of drug-likeness (QED) is 0.422. The summed E-state index contributed by atoms with van der Waals surface area (Å²) in [4.78, 5) is 24.3. The number of carbonyl (C=O) groups excluding carboxylic acids is 1. The average molecular weight is 485 g/mol. The zero-order valence-corrected chi connectivity index (χ0v) is 19.3.